The molecule has 0 aliphatic rings. The molecular formula is C6H11NO5. The normalized spacial score (nSPS) is 11.8. The van der Waals surface area contributed by atoms with Gasteiger partial charge in [-0.1, -0.05) is 0 Å². The van der Waals surface area contributed by atoms with Crippen molar-refractivity contribution < 1.29 is 24.5 Å². The number of carbonyl (C=O) groups excluding carboxylic acids is 1. The topological polar surface area (TPSA) is 95.9 Å². The van der Waals surface area contributed by atoms with Gasteiger partial charge in [-0.25, -0.2) is 9.59 Å². The van der Waals surface area contributed by atoms with Crippen molar-refractivity contribution in [2.75, 3.05) is 13.7 Å². The van der Waals surface area contributed by atoms with Gasteiger partial charge in [-0.3, -0.25) is 0 Å². The molecule has 0 aromatic carbocycles. The van der Waals surface area contributed by atoms with Gasteiger partial charge in [0.2, 0.25) is 0 Å². The van der Waals surface area contributed by atoms with Crippen LogP contribution in [0.4, 0.5) is 4.79 Å². The molecule has 12 heavy (non-hydrogen) atoms. The van der Waals surface area contributed by atoms with Gasteiger partial charge >= 0.3 is 12.1 Å². The first-order valence-corrected chi connectivity index (χ1v) is 3.30. The molecule has 6 nitrogen and oxygen atoms in total. The van der Waals surface area contributed by atoms with Gasteiger partial charge in [-0.2, -0.15) is 0 Å². The maximum absolute atomic E-state index is 10.5. The molecule has 0 unspecified atom stereocenters. The quantitative estimate of drug-likeness (QED) is 0.487. The molecule has 0 bridgehead atoms. The monoisotopic (exact) mass is 177 g/mol. The van der Waals surface area contributed by atoms with E-state index in [-0.39, 0.29) is 13.0 Å². The van der Waals surface area contributed by atoms with Crippen molar-refractivity contribution in [1.29, 1.82) is 0 Å². The van der Waals surface area contributed by atoms with Gasteiger partial charge in [0.15, 0.2) is 6.10 Å². The van der Waals surface area contributed by atoms with Crippen LogP contribution in [0.3, 0.4) is 0 Å². The number of ether oxygens (including phenoxy) is 1. The first kappa shape index (κ1) is 10.7. The second-order valence-electron chi connectivity index (χ2n) is 2.06. The van der Waals surface area contributed by atoms with Crippen molar-refractivity contribution in [3.05, 3.63) is 0 Å². The Labute approximate surface area is 69.1 Å². The van der Waals surface area contributed by atoms with Crippen molar-refractivity contribution in [2.24, 2.45) is 0 Å². The smallest absolute Gasteiger partial charge is 0.404 e. The van der Waals surface area contributed by atoms with E-state index in [1.807, 2.05) is 5.32 Å². The summed E-state index contributed by atoms with van der Waals surface area (Å²) in [5.74, 6) is -0.762. The molecule has 70 valence electrons. The number of hydrogen-bond acceptors (Lipinski definition) is 4. The third-order valence-electron chi connectivity index (χ3n) is 1.17. The van der Waals surface area contributed by atoms with Gasteiger partial charge in [-0.15, -0.1) is 0 Å². The summed E-state index contributed by atoms with van der Waals surface area (Å²) in [7, 11) is 1.15. The third-order valence-corrected chi connectivity index (χ3v) is 1.17. The molecule has 0 aromatic rings. The summed E-state index contributed by atoms with van der Waals surface area (Å²) in [5.41, 5.74) is 0. The van der Waals surface area contributed by atoms with Crippen molar-refractivity contribution in [2.45, 2.75) is 12.5 Å². The van der Waals surface area contributed by atoms with E-state index in [1.165, 1.54) is 0 Å². The molecule has 0 aliphatic heterocycles. The predicted octanol–water partition coefficient (Wildman–Crippen LogP) is -0.822. The van der Waals surface area contributed by atoms with Crippen LogP contribution in [0.1, 0.15) is 6.42 Å². The molecule has 0 aliphatic carbocycles. The van der Waals surface area contributed by atoms with Crippen molar-refractivity contribution in [3.63, 3.8) is 0 Å². The van der Waals surface area contributed by atoms with Crippen LogP contribution in [0.15, 0.2) is 0 Å². The van der Waals surface area contributed by atoms with Gasteiger partial charge in [-0.05, 0) is 0 Å². The Morgan fingerprint density at radius 2 is 2.17 bits per heavy atom. The number of hydrogen-bond donors (Lipinski definition) is 3. The Morgan fingerprint density at radius 3 is 2.58 bits per heavy atom. The van der Waals surface area contributed by atoms with E-state index >= 15 is 0 Å². The zero-order chi connectivity index (χ0) is 9.56. The molecule has 0 spiro atoms. The molecule has 1 atom stereocenters. The number of carbonyl (C=O) groups is 2. The molecule has 0 aromatic heterocycles. The van der Waals surface area contributed by atoms with Crippen molar-refractivity contribution in [3.8, 4) is 0 Å². The highest BCUT2D eigenvalue weighted by molar-refractivity contribution is 5.74. The average molecular weight is 177 g/mol. The summed E-state index contributed by atoms with van der Waals surface area (Å²) in [4.78, 5) is 20.5. The lowest BCUT2D eigenvalue weighted by atomic mass is 10.2. The van der Waals surface area contributed by atoms with Crippen LogP contribution in [-0.4, -0.2) is 42.0 Å². The largest absolute Gasteiger partial charge is 0.467 e. The van der Waals surface area contributed by atoms with E-state index < -0.39 is 18.2 Å². The third kappa shape index (κ3) is 4.51. The van der Waals surface area contributed by atoms with Crippen molar-refractivity contribution in [1.82, 2.24) is 5.32 Å². The average Bonchev–Trinajstić information content (AvgIpc) is 2.02. The highest BCUT2D eigenvalue weighted by Gasteiger charge is 2.14. The summed E-state index contributed by atoms with van der Waals surface area (Å²) in [6.45, 7) is 0.0194. The predicted molar refractivity (Wildman–Crippen MR) is 38.7 cm³/mol. The second kappa shape index (κ2) is 5.36. The maximum atomic E-state index is 10.5. The summed E-state index contributed by atoms with van der Waals surface area (Å²) in [5, 5.41) is 19.0. The van der Waals surface area contributed by atoms with Crippen LogP contribution < -0.4 is 5.32 Å². The number of aliphatic hydroxyl groups excluding tert-OH is 1. The van der Waals surface area contributed by atoms with Crippen LogP contribution >= 0.6 is 0 Å². The van der Waals surface area contributed by atoms with E-state index in [2.05, 4.69) is 4.74 Å². The van der Waals surface area contributed by atoms with Gasteiger partial charge < -0.3 is 20.3 Å². The Hall–Kier alpha value is -1.30. The van der Waals surface area contributed by atoms with E-state index in [1.54, 1.807) is 0 Å². The SMILES string of the molecule is COC(=O)[C@@H](O)CCNC(=O)O. The second-order valence-corrected chi connectivity index (χ2v) is 2.06. The van der Waals surface area contributed by atoms with E-state index in [9.17, 15) is 9.59 Å². The summed E-state index contributed by atoms with van der Waals surface area (Å²) >= 11 is 0. The van der Waals surface area contributed by atoms with E-state index in [4.69, 9.17) is 10.2 Å². The standard InChI is InChI=1S/C6H11NO5/c1-12-5(9)4(8)2-3-7-6(10)11/h4,7-8H,2-3H2,1H3,(H,10,11)/t4-/m0/s1. The minimum atomic E-state index is -1.26. The molecule has 6 heteroatoms. The number of methoxy groups -OCH3 is 1. The number of aliphatic hydroxyl groups is 1. The van der Waals surface area contributed by atoms with Gasteiger partial charge in [0, 0.05) is 13.0 Å². The van der Waals surface area contributed by atoms with E-state index in [0.717, 1.165) is 7.11 Å². The Kier molecular flexibility index (Phi) is 4.78. The van der Waals surface area contributed by atoms with Gasteiger partial charge in [0.05, 0.1) is 7.11 Å². The summed E-state index contributed by atoms with van der Waals surface area (Å²) < 4.78 is 4.21. The maximum Gasteiger partial charge on any atom is 0.404 e. The number of carboxylic acid groups (broad SMARTS) is 1. The van der Waals surface area contributed by atoms with Crippen LogP contribution in [0.2, 0.25) is 0 Å². The highest BCUT2D eigenvalue weighted by Crippen LogP contribution is 1.92. The lowest BCUT2D eigenvalue weighted by Gasteiger charge is -2.06. The summed E-state index contributed by atoms with van der Waals surface area (Å²) in [6, 6.07) is 0. The summed E-state index contributed by atoms with van der Waals surface area (Å²) in [6.07, 6.45) is -2.44. The number of amides is 1. The highest BCUT2D eigenvalue weighted by atomic mass is 16.5. The van der Waals surface area contributed by atoms with Crippen LogP contribution in [-0.2, 0) is 9.53 Å². The zero-order valence-electron chi connectivity index (χ0n) is 6.61. The number of nitrogens with one attached hydrogen (secondary N) is 1. The fourth-order valence-electron chi connectivity index (χ4n) is 0.570. The lowest BCUT2D eigenvalue weighted by Crippen LogP contribution is -2.29. The molecular weight excluding hydrogens is 166 g/mol. The Bertz CT molecular complexity index is 169. The molecule has 1 amide bonds. The van der Waals surface area contributed by atoms with Gasteiger partial charge in [0.1, 0.15) is 0 Å². The fraction of sp³-hybridized carbons (Fsp3) is 0.667. The molecule has 0 radical (unpaired) electrons. The lowest BCUT2D eigenvalue weighted by molar-refractivity contribution is -0.150. The molecule has 0 saturated heterocycles. The van der Waals surface area contributed by atoms with Crippen LogP contribution in [0.25, 0.3) is 0 Å². The first-order chi connectivity index (χ1) is 5.57. The molecule has 0 saturated carbocycles. The fourth-order valence-corrected chi connectivity index (χ4v) is 0.570. The molecule has 0 heterocycles. The minimum Gasteiger partial charge on any atom is -0.467 e. The zero-order valence-corrected chi connectivity index (χ0v) is 6.61. The molecule has 0 rings (SSSR count). The van der Waals surface area contributed by atoms with Gasteiger partial charge in [0.25, 0.3) is 0 Å². The molecule has 3 N–H and O–H groups in total. The van der Waals surface area contributed by atoms with Crippen LogP contribution in [0, 0.1) is 0 Å². The minimum absolute atomic E-state index is 0.0129. The Morgan fingerprint density at radius 1 is 1.58 bits per heavy atom. The van der Waals surface area contributed by atoms with Crippen molar-refractivity contribution >= 4 is 12.1 Å². The molecule has 0 fully saturated rings. The number of rotatable bonds is 4. The number of esters is 1. The van der Waals surface area contributed by atoms with Crippen LogP contribution in [0.5, 0.6) is 0 Å². The first-order valence-electron chi connectivity index (χ1n) is 3.30. The van der Waals surface area contributed by atoms with E-state index in [0.29, 0.717) is 0 Å². The Balaban J connectivity index is 3.50.